The Morgan fingerprint density at radius 3 is 2.47 bits per heavy atom. The van der Waals surface area contributed by atoms with Crippen molar-refractivity contribution in [2.45, 2.75) is 52.8 Å². The number of carbonyl (C=O) groups is 1. The van der Waals surface area contributed by atoms with Gasteiger partial charge in [-0.2, -0.15) is 5.10 Å². The summed E-state index contributed by atoms with van der Waals surface area (Å²) in [4.78, 5) is 15.2. The van der Waals surface area contributed by atoms with Gasteiger partial charge < -0.3 is 24.0 Å². The number of carboxylic acids is 1. The number of hydrogen-bond donors (Lipinski definition) is 1. The number of halogens is 1. The fourth-order valence-electron chi connectivity index (χ4n) is 6.55. The van der Waals surface area contributed by atoms with E-state index in [-0.39, 0.29) is 0 Å². The predicted octanol–water partition coefficient (Wildman–Crippen LogP) is 7.44. The van der Waals surface area contributed by atoms with Crippen LogP contribution in [0.2, 0.25) is 5.02 Å². The maximum atomic E-state index is 12.9. The van der Waals surface area contributed by atoms with E-state index in [0.717, 1.165) is 86.1 Å². The third kappa shape index (κ3) is 6.17. The zero-order valence-corrected chi connectivity index (χ0v) is 27.0. The van der Waals surface area contributed by atoms with E-state index in [2.05, 4.69) is 24.1 Å². The third-order valence-corrected chi connectivity index (χ3v) is 9.20. The number of nitrogens with zero attached hydrogens (tertiary/aromatic N) is 4. The summed E-state index contributed by atoms with van der Waals surface area (Å²) in [6, 6.07) is 19.8. The molecule has 0 spiro atoms. The summed E-state index contributed by atoms with van der Waals surface area (Å²) in [5.41, 5.74) is 7.97. The van der Waals surface area contributed by atoms with Crippen LogP contribution in [-0.2, 0) is 33.2 Å². The average molecular weight is 627 g/mol. The summed E-state index contributed by atoms with van der Waals surface area (Å²) >= 11 is 6.34. The Morgan fingerprint density at radius 1 is 0.978 bits per heavy atom. The van der Waals surface area contributed by atoms with Crippen molar-refractivity contribution < 1.29 is 19.4 Å². The van der Waals surface area contributed by atoms with E-state index in [1.807, 2.05) is 78.7 Å². The van der Waals surface area contributed by atoms with E-state index in [9.17, 15) is 9.90 Å². The molecule has 3 aromatic carbocycles. The third-order valence-electron chi connectivity index (χ3n) is 8.61. The molecule has 0 radical (unpaired) electrons. The molecule has 45 heavy (non-hydrogen) atoms. The minimum Gasteiger partial charge on any atom is -0.494 e. The van der Waals surface area contributed by atoms with Gasteiger partial charge in [-0.05, 0) is 87.7 Å². The molecule has 1 N–H and O–H groups in total. The first-order valence-corrected chi connectivity index (χ1v) is 15.8. The van der Waals surface area contributed by atoms with E-state index in [1.165, 1.54) is 0 Å². The summed E-state index contributed by atoms with van der Waals surface area (Å²) in [6.45, 7) is 6.85. The largest absolute Gasteiger partial charge is 0.494 e. The van der Waals surface area contributed by atoms with Gasteiger partial charge in [0.15, 0.2) is 0 Å². The minimum atomic E-state index is -0.915. The lowest BCUT2D eigenvalue weighted by atomic mass is 9.97. The van der Waals surface area contributed by atoms with Crippen molar-refractivity contribution in [2.75, 3.05) is 20.2 Å². The summed E-state index contributed by atoms with van der Waals surface area (Å²) in [6.07, 6.45) is 2.06. The molecule has 0 fully saturated rings. The maximum absolute atomic E-state index is 12.9. The van der Waals surface area contributed by atoms with E-state index < -0.39 is 5.97 Å². The molecule has 5 aromatic rings. The van der Waals surface area contributed by atoms with Crippen molar-refractivity contribution in [3.63, 3.8) is 0 Å². The Labute approximate surface area is 268 Å². The fraction of sp³-hybridized carbons (Fsp3) is 0.333. The Bertz CT molecular complexity index is 1840. The highest BCUT2D eigenvalue weighted by Gasteiger charge is 2.28. The van der Waals surface area contributed by atoms with Crippen LogP contribution in [0.3, 0.4) is 0 Å². The van der Waals surface area contributed by atoms with Gasteiger partial charge in [-0.25, -0.2) is 4.79 Å². The van der Waals surface area contributed by atoms with Gasteiger partial charge in [-0.1, -0.05) is 48.0 Å². The van der Waals surface area contributed by atoms with Gasteiger partial charge in [0.1, 0.15) is 29.5 Å². The molecular weight excluding hydrogens is 588 g/mol. The molecule has 6 rings (SSSR count). The van der Waals surface area contributed by atoms with Crippen LogP contribution in [0.4, 0.5) is 0 Å². The molecule has 1 aliphatic heterocycles. The van der Waals surface area contributed by atoms with Crippen LogP contribution in [0, 0.1) is 13.8 Å². The number of aryl methyl sites for hydroxylation is 5. The molecule has 0 saturated heterocycles. The van der Waals surface area contributed by atoms with Gasteiger partial charge in [0.05, 0.1) is 17.8 Å². The number of hydrogen-bond acceptors (Lipinski definition) is 5. The Balaban J connectivity index is 1.41. The van der Waals surface area contributed by atoms with Crippen molar-refractivity contribution in [3.05, 3.63) is 99.5 Å². The van der Waals surface area contributed by atoms with E-state index >= 15 is 0 Å². The van der Waals surface area contributed by atoms with Gasteiger partial charge in [0.2, 0.25) is 0 Å². The molecule has 234 valence electrons. The highest BCUT2D eigenvalue weighted by molar-refractivity contribution is 6.32. The van der Waals surface area contributed by atoms with Crippen molar-refractivity contribution in [1.29, 1.82) is 0 Å². The summed E-state index contributed by atoms with van der Waals surface area (Å²) < 4.78 is 16.2. The Kier molecular flexibility index (Phi) is 8.88. The highest BCUT2D eigenvalue weighted by atomic mass is 35.5. The van der Waals surface area contributed by atoms with Crippen molar-refractivity contribution in [2.24, 2.45) is 7.05 Å². The zero-order valence-electron chi connectivity index (χ0n) is 26.3. The SMILES string of the molecule is Cc1cc(OCCCc2c(C(=O)O)n3c4c(cccc24)-c2c(COc4ccccc4)nn(C)c2CN(C)CCC3)cc(C)c1Cl. The lowest BCUT2D eigenvalue weighted by molar-refractivity contribution is 0.0684. The molecule has 2 aromatic heterocycles. The molecular formula is C36H39ClN4O4. The summed E-state index contributed by atoms with van der Waals surface area (Å²) in [5, 5.41) is 17.2. The topological polar surface area (TPSA) is 81.7 Å². The van der Waals surface area contributed by atoms with Crippen LogP contribution in [0.25, 0.3) is 22.0 Å². The molecule has 0 amide bonds. The number of rotatable bonds is 9. The standard InChI is InChI=1S/C36H39ClN4O4/c1-23-19-26(20-24(2)33(23)37)44-18-9-15-28-27-13-8-14-29-32-30(22-45-25-11-6-5-7-12-25)38-40(4)31(32)21-39(3)16-10-17-41(34(27)29)35(28)36(42)43/h5-8,11-14,19-20H,9-10,15-18,21-22H2,1-4H3,(H,42,43). The smallest absolute Gasteiger partial charge is 0.352 e. The lowest BCUT2D eigenvalue weighted by Crippen LogP contribution is -2.23. The number of para-hydroxylation sites is 2. The monoisotopic (exact) mass is 626 g/mol. The molecule has 0 bridgehead atoms. The highest BCUT2D eigenvalue weighted by Crippen LogP contribution is 2.39. The number of ether oxygens (including phenoxy) is 2. The van der Waals surface area contributed by atoms with Gasteiger partial charge >= 0.3 is 5.97 Å². The molecule has 8 nitrogen and oxygen atoms in total. The van der Waals surface area contributed by atoms with Gasteiger partial charge in [-0.3, -0.25) is 4.68 Å². The maximum Gasteiger partial charge on any atom is 0.352 e. The molecule has 0 unspecified atom stereocenters. The Hall–Kier alpha value is -4.27. The molecule has 0 atom stereocenters. The molecule has 3 heterocycles. The average Bonchev–Trinajstić information content (AvgIpc) is 3.51. The van der Waals surface area contributed by atoms with E-state index in [0.29, 0.717) is 38.3 Å². The predicted molar refractivity (Wildman–Crippen MR) is 178 cm³/mol. The first-order chi connectivity index (χ1) is 21.7. The van der Waals surface area contributed by atoms with Crippen molar-refractivity contribution in [3.8, 4) is 22.6 Å². The second kappa shape index (κ2) is 13.0. The second-order valence-corrected chi connectivity index (χ2v) is 12.3. The van der Waals surface area contributed by atoms with Crippen LogP contribution in [0.1, 0.15) is 51.4 Å². The zero-order chi connectivity index (χ0) is 31.7. The molecule has 0 saturated carbocycles. The summed E-state index contributed by atoms with van der Waals surface area (Å²) in [7, 11) is 4.07. The molecule has 1 aliphatic rings. The second-order valence-electron chi connectivity index (χ2n) is 11.9. The van der Waals surface area contributed by atoms with Crippen LogP contribution < -0.4 is 9.47 Å². The Morgan fingerprint density at radius 2 is 1.73 bits per heavy atom. The van der Waals surface area contributed by atoms with Gasteiger partial charge in [0, 0.05) is 41.7 Å². The van der Waals surface area contributed by atoms with E-state index in [1.54, 1.807) is 0 Å². The van der Waals surface area contributed by atoms with Crippen LogP contribution >= 0.6 is 11.6 Å². The van der Waals surface area contributed by atoms with Gasteiger partial charge in [0.25, 0.3) is 0 Å². The van der Waals surface area contributed by atoms with Crippen molar-refractivity contribution >= 4 is 28.5 Å². The normalized spacial score (nSPS) is 13.5. The van der Waals surface area contributed by atoms with Gasteiger partial charge in [-0.15, -0.1) is 0 Å². The number of aromatic carboxylic acids is 1. The number of carboxylic acid groups (broad SMARTS) is 1. The number of aromatic nitrogens is 3. The van der Waals surface area contributed by atoms with Crippen LogP contribution in [-0.4, -0.2) is 50.5 Å². The summed E-state index contributed by atoms with van der Waals surface area (Å²) in [5.74, 6) is 0.632. The lowest BCUT2D eigenvalue weighted by Gasteiger charge is -2.21. The number of benzene rings is 3. The molecule has 0 aliphatic carbocycles. The quantitative estimate of drug-likeness (QED) is 0.171. The van der Waals surface area contributed by atoms with Crippen LogP contribution in [0.5, 0.6) is 11.5 Å². The minimum absolute atomic E-state index is 0.299. The first kappa shape index (κ1) is 30.7. The van der Waals surface area contributed by atoms with Crippen LogP contribution in [0.15, 0.2) is 60.7 Å². The fourth-order valence-corrected chi connectivity index (χ4v) is 6.66. The van der Waals surface area contributed by atoms with Crippen molar-refractivity contribution in [1.82, 2.24) is 19.2 Å². The molecule has 9 heteroatoms. The first-order valence-electron chi connectivity index (χ1n) is 15.4. The number of fused-ring (bicyclic) bond motifs is 2. The van der Waals surface area contributed by atoms with E-state index in [4.69, 9.17) is 26.2 Å².